The first kappa shape index (κ1) is 7.54. The van der Waals surface area contributed by atoms with Gasteiger partial charge in [0.25, 0.3) is 0 Å². The van der Waals surface area contributed by atoms with Gasteiger partial charge in [0.1, 0.15) is 6.23 Å². The van der Waals surface area contributed by atoms with Crippen LogP contribution < -0.4 is 0 Å². The van der Waals surface area contributed by atoms with Gasteiger partial charge in [-0.05, 0) is 6.42 Å². The first-order chi connectivity index (χ1) is 4.75. The summed E-state index contributed by atoms with van der Waals surface area (Å²) in [5, 5.41) is 0. The highest BCUT2D eigenvalue weighted by Gasteiger charge is 2.36. The van der Waals surface area contributed by atoms with Crippen LogP contribution in [0.2, 0.25) is 0 Å². The second-order valence-electron chi connectivity index (χ2n) is 2.50. The molecule has 0 saturated carbocycles. The summed E-state index contributed by atoms with van der Waals surface area (Å²) in [5.41, 5.74) is 0. The third kappa shape index (κ3) is 1.70. The Morgan fingerprint density at radius 3 is 2.90 bits per heavy atom. The normalized spacial score (nSPS) is 23.0. The molecule has 3 heteroatoms. The van der Waals surface area contributed by atoms with Crippen LogP contribution in [0, 0.1) is 0 Å². The Labute approximate surface area is 61.0 Å². The maximum atomic E-state index is 10.6. The van der Waals surface area contributed by atoms with Crippen molar-refractivity contribution in [3.8, 4) is 0 Å². The zero-order valence-corrected chi connectivity index (χ0v) is 6.46. The monoisotopic (exact) mass is 143 g/mol. The number of amides is 1. The molecule has 0 aromatic rings. The highest BCUT2D eigenvalue weighted by atomic mass is 16.5. The van der Waals surface area contributed by atoms with E-state index in [1.807, 2.05) is 0 Å². The molecule has 1 fully saturated rings. The van der Waals surface area contributed by atoms with Gasteiger partial charge in [-0.1, -0.05) is 6.92 Å². The van der Waals surface area contributed by atoms with E-state index in [1.165, 1.54) is 0 Å². The van der Waals surface area contributed by atoms with Crippen LogP contribution in [-0.4, -0.2) is 30.2 Å². The minimum absolute atomic E-state index is 0.0949. The Hall–Kier alpha value is -0.570. The molecule has 0 bridgehead atoms. The first-order valence-corrected chi connectivity index (χ1v) is 3.64. The van der Waals surface area contributed by atoms with Crippen LogP contribution in [0.4, 0.5) is 0 Å². The van der Waals surface area contributed by atoms with Crippen molar-refractivity contribution in [1.82, 2.24) is 4.90 Å². The van der Waals surface area contributed by atoms with Gasteiger partial charge in [0.2, 0.25) is 5.91 Å². The molecule has 1 atom stereocenters. The largest absolute Gasteiger partial charge is 0.356 e. The van der Waals surface area contributed by atoms with Crippen LogP contribution in [0.15, 0.2) is 0 Å². The Bertz CT molecular complexity index is 136. The molecule has 1 aliphatic heterocycles. The second-order valence-corrected chi connectivity index (χ2v) is 2.50. The number of carbonyl (C=O) groups is 1. The van der Waals surface area contributed by atoms with Gasteiger partial charge in [-0.2, -0.15) is 0 Å². The van der Waals surface area contributed by atoms with Gasteiger partial charge in [0, 0.05) is 13.5 Å². The molecule has 1 aliphatic rings. The minimum atomic E-state index is 0.0949. The van der Waals surface area contributed by atoms with E-state index in [0.29, 0.717) is 0 Å². The van der Waals surface area contributed by atoms with Crippen LogP contribution in [-0.2, 0) is 9.53 Å². The molecule has 0 aliphatic carbocycles. The summed E-state index contributed by atoms with van der Waals surface area (Å²) < 4.78 is 5.28. The SMILES string of the molecule is CCCOC1CN1C(C)=O. The van der Waals surface area contributed by atoms with Crippen LogP contribution >= 0.6 is 0 Å². The summed E-state index contributed by atoms with van der Waals surface area (Å²) in [6.07, 6.45) is 1.11. The van der Waals surface area contributed by atoms with Crippen molar-refractivity contribution in [3.05, 3.63) is 0 Å². The van der Waals surface area contributed by atoms with Gasteiger partial charge in [0.05, 0.1) is 6.54 Å². The molecule has 0 aromatic carbocycles. The zero-order valence-electron chi connectivity index (χ0n) is 6.46. The Balaban J connectivity index is 2.08. The average molecular weight is 143 g/mol. The average Bonchev–Trinajstić information content (AvgIpc) is 2.62. The minimum Gasteiger partial charge on any atom is -0.356 e. The lowest BCUT2D eigenvalue weighted by molar-refractivity contribution is -0.126. The molecular weight excluding hydrogens is 130 g/mol. The molecule has 1 saturated heterocycles. The van der Waals surface area contributed by atoms with E-state index in [9.17, 15) is 4.79 Å². The van der Waals surface area contributed by atoms with Crippen molar-refractivity contribution < 1.29 is 9.53 Å². The van der Waals surface area contributed by atoms with Crippen molar-refractivity contribution in [2.24, 2.45) is 0 Å². The molecule has 1 heterocycles. The topological polar surface area (TPSA) is 29.3 Å². The molecule has 3 nitrogen and oxygen atoms in total. The molecule has 0 aromatic heterocycles. The van der Waals surface area contributed by atoms with E-state index in [1.54, 1.807) is 11.8 Å². The maximum absolute atomic E-state index is 10.6. The fraction of sp³-hybridized carbons (Fsp3) is 0.857. The van der Waals surface area contributed by atoms with E-state index in [-0.39, 0.29) is 12.1 Å². The molecule has 0 spiro atoms. The Kier molecular flexibility index (Phi) is 2.27. The molecule has 0 N–H and O–H groups in total. The molecular formula is C7H13NO2. The van der Waals surface area contributed by atoms with Gasteiger partial charge < -0.3 is 9.64 Å². The standard InChI is InChI=1S/C7H13NO2/c1-3-4-10-7-5-8(7)6(2)9/h7H,3-5H2,1-2H3. The van der Waals surface area contributed by atoms with Crippen LogP contribution in [0.5, 0.6) is 0 Å². The molecule has 0 radical (unpaired) electrons. The summed E-state index contributed by atoms with van der Waals surface area (Å²) in [6, 6.07) is 0. The Morgan fingerprint density at radius 2 is 2.50 bits per heavy atom. The van der Waals surface area contributed by atoms with Crippen molar-refractivity contribution in [2.75, 3.05) is 13.2 Å². The van der Waals surface area contributed by atoms with Crippen molar-refractivity contribution >= 4 is 5.91 Å². The van der Waals surface area contributed by atoms with Gasteiger partial charge in [-0.15, -0.1) is 0 Å². The lowest BCUT2D eigenvalue weighted by Crippen LogP contribution is -2.10. The quantitative estimate of drug-likeness (QED) is 0.541. The predicted octanol–water partition coefficient (Wildman–Crippen LogP) is 0.601. The molecule has 10 heavy (non-hydrogen) atoms. The van der Waals surface area contributed by atoms with E-state index in [4.69, 9.17) is 4.74 Å². The summed E-state index contributed by atoms with van der Waals surface area (Å²) in [5.74, 6) is 0.112. The maximum Gasteiger partial charge on any atom is 0.221 e. The number of hydrogen-bond donors (Lipinski definition) is 0. The zero-order chi connectivity index (χ0) is 7.56. The van der Waals surface area contributed by atoms with E-state index >= 15 is 0 Å². The number of hydrogen-bond acceptors (Lipinski definition) is 2. The van der Waals surface area contributed by atoms with Crippen LogP contribution in [0.3, 0.4) is 0 Å². The van der Waals surface area contributed by atoms with Crippen LogP contribution in [0.1, 0.15) is 20.3 Å². The first-order valence-electron chi connectivity index (χ1n) is 3.64. The fourth-order valence-corrected chi connectivity index (χ4v) is 0.849. The summed E-state index contributed by atoms with van der Waals surface area (Å²) in [7, 11) is 0. The predicted molar refractivity (Wildman–Crippen MR) is 37.4 cm³/mol. The van der Waals surface area contributed by atoms with Crippen molar-refractivity contribution in [1.29, 1.82) is 0 Å². The number of rotatable bonds is 3. The smallest absolute Gasteiger partial charge is 0.221 e. The summed E-state index contributed by atoms with van der Waals surface area (Å²) >= 11 is 0. The highest BCUT2D eigenvalue weighted by Crippen LogP contribution is 2.17. The third-order valence-corrected chi connectivity index (χ3v) is 1.49. The van der Waals surface area contributed by atoms with Gasteiger partial charge in [-0.25, -0.2) is 0 Å². The number of carbonyl (C=O) groups excluding carboxylic acids is 1. The van der Waals surface area contributed by atoms with Crippen molar-refractivity contribution in [2.45, 2.75) is 26.5 Å². The number of ether oxygens (including phenoxy) is 1. The van der Waals surface area contributed by atoms with E-state index in [2.05, 4.69) is 6.92 Å². The molecule has 1 rings (SSSR count). The van der Waals surface area contributed by atoms with E-state index in [0.717, 1.165) is 19.6 Å². The van der Waals surface area contributed by atoms with E-state index < -0.39 is 0 Å². The summed E-state index contributed by atoms with van der Waals surface area (Å²) in [4.78, 5) is 12.3. The summed E-state index contributed by atoms with van der Waals surface area (Å²) in [6.45, 7) is 5.17. The highest BCUT2D eigenvalue weighted by molar-refractivity contribution is 5.75. The molecule has 58 valence electrons. The lowest BCUT2D eigenvalue weighted by atomic mass is 10.5. The van der Waals surface area contributed by atoms with Gasteiger partial charge >= 0.3 is 0 Å². The molecule has 1 unspecified atom stereocenters. The third-order valence-electron chi connectivity index (χ3n) is 1.49. The fourth-order valence-electron chi connectivity index (χ4n) is 0.849. The molecule has 1 amide bonds. The van der Waals surface area contributed by atoms with Gasteiger partial charge in [-0.3, -0.25) is 4.79 Å². The lowest BCUT2D eigenvalue weighted by Gasteiger charge is -1.99. The Morgan fingerprint density at radius 1 is 1.80 bits per heavy atom. The number of nitrogens with zero attached hydrogens (tertiary/aromatic N) is 1. The van der Waals surface area contributed by atoms with Crippen molar-refractivity contribution in [3.63, 3.8) is 0 Å². The second kappa shape index (κ2) is 3.01. The van der Waals surface area contributed by atoms with Crippen LogP contribution in [0.25, 0.3) is 0 Å². The van der Waals surface area contributed by atoms with Gasteiger partial charge in [0.15, 0.2) is 0 Å².